The van der Waals surface area contributed by atoms with Crippen molar-refractivity contribution in [1.29, 1.82) is 0 Å². The Hall–Kier alpha value is -2.08. The first-order valence-electron chi connectivity index (χ1n) is 7.08. The van der Waals surface area contributed by atoms with Gasteiger partial charge in [0.2, 0.25) is 0 Å². The minimum Gasteiger partial charge on any atom is -0.465 e. The molecular formula is C16H21NO5. The summed E-state index contributed by atoms with van der Waals surface area (Å²) in [6.07, 6.45) is -1.15. The van der Waals surface area contributed by atoms with E-state index in [0.717, 1.165) is 0 Å². The number of nitrogens with one attached hydrogen (secondary N) is 1. The molecule has 6 heteroatoms. The Labute approximate surface area is 129 Å². The van der Waals surface area contributed by atoms with Gasteiger partial charge in [-0.25, -0.2) is 9.59 Å². The van der Waals surface area contributed by atoms with Crippen LogP contribution >= 0.6 is 0 Å². The van der Waals surface area contributed by atoms with Crippen molar-refractivity contribution < 1.29 is 24.5 Å². The largest absolute Gasteiger partial charge is 0.465 e. The van der Waals surface area contributed by atoms with Gasteiger partial charge in [-0.2, -0.15) is 0 Å². The van der Waals surface area contributed by atoms with Crippen molar-refractivity contribution in [3.63, 3.8) is 0 Å². The summed E-state index contributed by atoms with van der Waals surface area (Å²) in [6, 6.07) is 8.92. The van der Waals surface area contributed by atoms with Gasteiger partial charge in [0, 0.05) is 0 Å². The highest BCUT2D eigenvalue weighted by Gasteiger charge is 2.75. The zero-order valence-electron chi connectivity index (χ0n) is 12.9. The van der Waals surface area contributed by atoms with Gasteiger partial charge in [0.15, 0.2) is 5.54 Å². The number of benzene rings is 1. The summed E-state index contributed by atoms with van der Waals surface area (Å²) in [4.78, 5) is 23.7. The maximum Gasteiger partial charge on any atom is 0.405 e. The molecule has 2 unspecified atom stereocenters. The number of ether oxygens (including phenoxy) is 1. The van der Waals surface area contributed by atoms with Crippen LogP contribution in [0.2, 0.25) is 0 Å². The average Bonchev–Trinajstić information content (AvgIpc) is 3.07. The Morgan fingerprint density at radius 3 is 2.32 bits per heavy atom. The van der Waals surface area contributed by atoms with Gasteiger partial charge < -0.3 is 20.3 Å². The third kappa shape index (κ3) is 2.66. The molecule has 0 bridgehead atoms. The summed E-state index contributed by atoms with van der Waals surface area (Å²) in [5.74, 6) is -0.666. The van der Waals surface area contributed by atoms with Crippen LogP contribution in [-0.4, -0.2) is 40.0 Å². The second-order valence-electron chi connectivity index (χ2n) is 6.62. The lowest BCUT2D eigenvalue weighted by atomic mass is 9.91. The zero-order chi connectivity index (χ0) is 16.6. The maximum atomic E-state index is 12.6. The predicted octanol–water partition coefficient (Wildman–Crippen LogP) is 1.67. The Kier molecular flexibility index (Phi) is 3.91. The number of hydrogen-bond donors (Lipinski definition) is 3. The van der Waals surface area contributed by atoms with Crippen LogP contribution in [0.1, 0.15) is 32.8 Å². The van der Waals surface area contributed by atoms with Crippen molar-refractivity contribution in [2.75, 3.05) is 6.61 Å². The lowest BCUT2D eigenvalue weighted by Crippen LogP contribution is -2.51. The lowest BCUT2D eigenvalue weighted by Gasteiger charge is -2.28. The molecule has 2 rings (SSSR count). The Bertz CT molecular complexity index is 580. The molecule has 0 spiro atoms. The average molecular weight is 307 g/mol. The fraction of sp³-hybridized carbons (Fsp3) is 0.500. The first-order chi connectivity index (χ1) is 10.2. The van der Waals surface area contributed by atoms with Crippen molar-refractivity contribution in [3.05, 3.63) is 35.9 Å². The van der Waals surface area contributed by atoms with Crippen LogP contribution in [0.3, 0.4) is 0 Å². The van der Waals surface area contributed by atoms with E-state index < -0.39 is 28.6 Å². The number of carboxylic acid groups (broad SMARTS) is 1. The predicted molar refractivity (Wildman–Crippen MR) is 79.6 cm³/mol. The number of carbonyl (C=O) groups excluding carboxylic acids is 1. The topological polar surface area (TPSA) is 95.9 Å². The molecular weight excluding hydrogens is 286 g/mol. The molecule has 0 saturated heterocycles. The Morgan fingerprint density at radius 1 is 1.27 bits per heavy atom. The highest BCUT2D eigenvalue weighted by atomic mass is 16.6. The number of rotatable bonds is 4. The molecule has 1 amide bonds. The highest BCUT2D eigenvalue weighted by Crippen LogP contribution is 2.58. The van der Waals surface area contributed by atoms with E-state index in [4.69, 9.17) is 9.84 Å². The molecule has 1 aromatic rings. The Balaban J connectivity index is 2.41. The van der Waals surface area contributed by atoms with E-state index in [-0.39, 0.29) is 13.0 Å². The number of amides is 1. The molecule has 0 radical (unpaired) electrons. The molecule has 1 saturated carbocycles. The van der Waals surface area contributed by atoms with Gasteiger partial charge in [-0.05, 0) is 32.8 Å². The number of hydrogen-bond acceptors (Lipinski definition) is 4. The third-order valence-electron chi connectivity index (χ3n) is 3.92. The van der Waals surface area contributed by atoms with Crippen LogP contribution in [-0.2, 0) is 14.9 Å². The van der Waals surface area contributed by atoms with Gasteiger partial charge >= 0.3 is 12.1 Å². The molecule has 1 aliphatic rings. The minimum absolute atomic E-state index is 0.168. The third-order valence-corrected chi connectivity index (χ3v) is 3.92. The molecule has 22 heavy (non-hydrogen) atoms. The minimum atomic E-state index is -1.46. The van der Waals surface area contributed by atoms with Crippen molar-refractivity contribution in [1.82, 2.24) is 5.32 Å². The SMILES string of the molecule is CC(C)(C)OC(=O)C1(NC(=O)O)CC1(CO)c1ccccc1. The Morgan fingerprint density at radius 2 is 1.86 bits per heavy atom. The van der Waals surface area contributed by atoms with Gasteiger partial charge in [-0.3, -0.25) is 0 Å². The van der Waals surface area contributed by atoms with Crippen molar-refractivity contribution >= 4 is 12.1 Å². The molecule has 2 atom stereocenters. The number of esters is 1. The van der Waals surface area contributed by atoms with Crippen molar-refractivity contribution in [3.8, 4) is 0 Å². The molecule has 6 nitrogen and oxygen atoms in total. The molecule has 1 fully saturated rings. The standard InChI is InChI=1S/C16H21NO5/c1-14(2,3)22-12(19)16(17-13(20)21)9-15(16,10-18)11-7-5-4-6-8-11/h4-8,17-18H,9-10H2,1-3H3,(H,20,21). The van der Waals surface area contributed by atoms with Crippen LogP contribution in [0.25, 0.3) is 0 Å². The van der Waals surface area contributed by atoms with E-state index in [0.29, 0.717) is 5.56 Å². The summed E-state index contributed by atoms with van der Waals surface area (Å²) in [7, 11) is 0. The first kappa shape index (κ1) is 16.3. The summed E-state index contributed by atoms with van der Waals surface area (Å²) < 4.78 is 5.37. The smallest absolute Gasteiger partial charge is 0.405 e. The molecule has 0 heterocycles. The summed E-state index contributed by atoms with van der Waals surface area (Å²) in [5, 5.41) is 21.3. The van der Waals surface area contributed by atoms with E-state index >= 15 is 0 Å². The van der Waals surface area contributed by atoms with Crippen molar-refractivity contribution in [2.24, 2.45) is 0 Å². The van der Waals surface area contributed by atoms with Crippen LogP contribution < -0.4 is 5.32 Å². The van der Waals surface area contributed by atoms with Crippen LogP contribution in [0.4, 0.5) is 4.79 Å². The van der Waals surface area contributed by atoms with Gasteiger partial charge in [0.25, 0.3) is 0 Å². The molecule has 120 valence electrons. The van der Waals surface area contributed by atoms with Gasteiger partial charge in [-0.1, -0.05) is 30.3 Å². The summed E-state index contributed by atoms with van der Waals surface area (Å²) in [6.45, 7) is 4.79. The first-order valence-corrected chi connectivity index (χ1v) is 7.08. The maximum absolute atomic E-state index is 12.6. The van der Waals surface area contributed by atoms with E-state index in [2.05, 4.69) is 5.32 Å². The number of aliphatic hydroxyl groups is 1. The monoisotopic (exact) mass is 307 g/mol. The molecule has 0 aromatic heterocycles. The second-order valence-corrected chi connectivity index (χ2v) is 6.62. The molecule has 3 N–H and O–H groups in total. The molecule has 1 aromatic carbocycles. The van der Waals surface area contributed by atoms with Gasteiger partial charge in [0.1, 0.15) is 5.60 Å². The van der Waals surface area contributed by atoms with Gasteiger partial charge in [0.05, 0.1) is 12.0 Å². The summed E-state index contributed by atoms with van der Waals surface area (Å²) >= 11 is 0. The second kappa shape index (κ2) is 5.28. The molecule has 1 aliphatic carbocycles. The van der Waals surface area contributed by atoms with E-state index in [9.17, 15) is 14.7 Å². The highest BCUT2D eigenvalue weighted by molar-refractivity contribution is 5.93. The fourth-order valence-electron chi connectivity index (χ4n) is 2.83. The number of aliphatic hydroxyl groups excluding tert-OH is 1. The summed E-state index contributed by atoms with van der Waals surface area (Å²) in [5.41, 5.74) is -2.49. The quantitative estimate of drug-likeness (QED) is 0.735. The fourth-order valence-corrected chi connectivity index (χ4v) is 2.83. The van der Waals surface area contributed by atoms with Crippen molar-refractivity contribution in [2.45, 2.75) is 43.7 Å². The van der Waals surface area contributed by atoms with E-state index in [1.807, 2.05) is 6.07 Å². The van der Waals surface area contributed by atoms with E-state index in [1.165, 1.54) is 0 Å². The van der Waals surface area contributed by atoms with Gasteiger partial charge in [-0.15, -0.1) is 0 Å². The van der Waals surface area contributed by atoms with Crippen LogP contribution in [0.15, 0.2) is 30.3 Å². The van der Waals surface area contributed by atoms with Crippen LogP contribution in [0, 0.1) is 0 Å². The number of carbonyl (C=O) groups is 2. The van der Waals surface area contributed by atoms with Crippen LogP contribution in [0.5, 0.6) is 0 Å². The van der Waals surface area contributed by atoms with E-state index in [1.54, 1.807) is 45.0 Å². The zero-order valence-corrected chi connectivity index (χ0v) is 12.9. The lowest BCUT2D eigenvalue weighted by molar-refractivity contribution is -0.159. The molecule has 0 aliphatic heterocycles. The normalized spacial score (nSPS) is 27.1.